The summed E-state index contributed by atoms with van der Waals surface area (Å²) in [5.74, 6) is 0.387. The topological polar surface area (TPSA) is 46.6 Å². The van der Waals surface area contributed by atoms with Crippen LogP contribution < -0.4 is 9.64 Å². The third-order valence-corrected chi connectivity index (χ3v) is 10.2. The lowest BCUT2D eigenvalue weighted by Gasteiger charge is -2.43. The number of carbonyl (C=O) groups is 2. The Bertz CT molecular complexity index is 2240. The Morgan fingerprint density at radius 1 is 0.717 bits per heavy atom. The van der Waals surface area contributed by atoms with E-state index >= 15 is 0 Å². The molecular weight excluding hydrogens is 587 g/mol. The first-order valence-corrected chi connectivity index (χ1v) is 16.5. The minimum absolute atomic E-state index is 0.214. The van der Waals surface area contributed by atoms with Gasteiger partial charge in [-0.05, 0) is 117 Å². The van der Waals surface area contributed by atoms with Crippen LogP contribution in [0.2, 0.25) is 0 Å². The standard InChI is InChI=1S/C41H31NO3S/c1-41(2)35-23-30(46-4)15-18-36(35)42(28-11-13-29(45-3)14-12-28)37-17-10-27-19-24(9-16-31(27)38(37)41)20-34-39(43)32-21-25-7-5-6-8-26(25)22-33(32)40(34)44/h5-23H,1-4H3. The minimum atomic E-state index is -0.292. The van der Waals surface area contributed by atoms with E-state index in [-0.39, 0.29) is 22.6 Å². The van der Waals surface area contributed by atoms with E-state index in [0.717, 1.165) is 49.9 Å². The number of fused-ring (bicyclic) bond motifs is 6. The van der Waals surface area contributed by atoms with Crippen molar-refractivity contribution >= 4 is 68.0 Å². The molecule has 0 amide bonds. The van der Waals surface area contributed by atoms with Gasteiger partial charge >= 0.3 is 0 Å². The minimum Gasteiger partial charge on any atom is -0.497 e. The summed E-state index contributed by atoms with van der Waals surface area (Å²) in [5, 5.41) is 4.11. The predicted molar refractivity (Wildman–Crippen MR) is 190 cm³/mol. The van der Waals surface area contributed by atoms with E-state index in [1.165, 1.54) is 16.0 Å². The van der Waals surface area contributed by atoms with Gasteiger partial charge in [0.25, 0.3) is 0 Å². The normalized spacial score (nSPS) is 14.8. The summed E-state index contributed by atoms with van der Waals surface area (Å²) >= 11 is 1.75. The van der Waals surface area contributed by atoms with Crippen molar-refractivity contribution < 1.29 is 14.3 Å². The Kier molecular flexibility index (Phi) is 6.45. The Hall–Kier alpha value is -5.13. The zero-order chi connectivity index (χ0) is 31.7. The maximum Gasteiger partial charge on any atom is 0.197 e. The lowest BCUT2D eigenvalue weighted by atomic mass is 9.71. The van der Waals surface area contributed by atoms with Gasteiger partial charge in [0.1, 0.15) is 5.75 Å². The average Bonchev–Trinajstić information content (AvgIpc) is 3.30. The molecule has 0 unspecified atom stereocenters. The first kappa shape index (κ1) is 28.4. The van der Waals surface area contributed by atoms with Crippen molar-refractivity contribution in [3.63, 3.8) is 0 Å². The second kappa shape index (κ2) is 10.5. The maximum atomic E-state index is 13.5. The predicted octanol–water partition coefficient (Wildman–Crippen LogP) is 10.3. The van der Waals surface area contributed by atoms with Crippen molar-refractivity contribution in [2.75, 3.05) is 18.3 Å². The highest BCUT2D eigenvalue weighted by molar-refractivity contribution is 7.98. The van der Waals surface area contributed by atoms with Crippen LogP contribution in [0.4, 0.5) is 17.1 Å². The lowest BCUT2D eigenvalue weighted by Crippen LogP contribution is -2.31. The van der Waals surface area contributed by atoms with Crippen LogP contribution in [0.15, 0.2) is 120 Å². The molecular formula is C41H31NO3S. The highest BCUT2D eigenvalue weighted by Gasteiger charge is 2.39. The molecule has 224 valence electrons. The second-order valence-electron chi connectivity index (χ2n) is 12.4. The largest absolute Gasteiger partial charge is 0.497 e. The van der Waals surface area contributed by atoms with Gasteiger partial charge in [-0.1, -0.05) is 56.3 Å². The summed E-state index contributed by atoms with van der Waals surface area (Å²) < 4.78 is 5.46. The fourth-order valence-electron chi connectivity index (χ4n) is 7.19. The van der Waals surface area contributed by atoms with E-state index in [4.69, 9.17) is 4.74 Å². The molecule has 0 saturated carbocycles. The van der Waals surface area contributed by atoms with Gasteiger partial charge in [0.05, 0.1) is 24.1 Å². The highest BCUT2D eigenvalue weighted by Crippen LogP contribution is 2.54. The van der Waals surface area contributed by atoms with E-state index in [2.05, 4.69) is 79.6 Å². The fourth-order valence-corrected chi connectivity index (χ4v) is 7.63. The molecule has 6 aromatic rings. The number of anilines is 3. The molecule has 0 saturated heterocycles. The van der Waals surface area contributed by atoms with Gasteiger partial charge in [0, 0.05) is 27.1 Å². The zero-order valence-corrected chi connectivity index (χ0v) is 26.9. The average molecular weight is 618 g/mol. The van der Waals surface area contributed by atoms with Crippen molar-refractivity contribution in [1.82, 2.24) is 0 Å². The molecule has 0 aromatic heterocycles. The number of benzene rings is 6. The van der Waals surface area contributed by atoms with Crippen LogP contribution >= 0.6 is 11.8 Å². The van der Waals surface area contributed by atoms with Gasteiger partial charge in [-0.3, -0.25) is 9.59 Å². The number of methoxy groups -OCH3 is 1. The van der Waals surface area contributed by atoms with Crippen LogP contribution in [0.1, 0.15) is 51.3 Å². The maximum absolute atomic E-state index is 13.5. The molecule has 6 aromatic carbocycles. The molecule has 0 spiro atoms. The molecule has 0 bridgehead atoms. The Morgan fingerprint density at radius 3 is 2.04 bits per heavy atom. The SMILES string of the molecule is COc1ccc(N2c3ccc(SC)cc3C(C)(C)c3c2ccc2cc(C=C4C(=O)c5cc6ccccc6cc5C4=O)ccc32)cc1. The Labute approximate surface area is 272 Å². The summed E-state index contributed by atoms with van der Waals surface area (Å²) in [6, 6.07) is 37.0. The van der Waals surface area contributed by atoms with Gasteiger partial charge in [0.2, 0.25) is 0 Å². The van der Waals surface area contributed by atoms with Gasteiger partial charge < -0.3 is 9.64 Å². The van der Waals surface area contributed by atoms with Crippen molar-refractivity contribution in [3.05, 3.63) is 143 Å². The van der Waals surface area contributed by atoms with E-state index in [1.54, 1.807) is 24.9 Å². The number of ketones is 2. The first-order chi connectivity index (χ1) is 22.3. The van der Waals surface area contributed by atoms with Crippen molar-refractivity contribution in [3.8, 4) is 5.75 Å². The molecule has 1 aliphatic carbocycles. The van der Waals surface area contributed by atoms with E-state index in [1.807, 2.05) is 54.6 Å². The molecule has 0 radical (unpaired) electrons. The van der Waals surface area contributed by atoms with Gasteiger partial charge in [-0.2, -0.15) is 0 Å². The van der Waals surface area contributed by atoms with E-state index in [9.17, 15) is 9.59 Å². The second-order valence-corrected chi connectivity index (χ2v) is 13.3. The number of thioether (sulfide) groups is 1. The van der Waals surface area contributed by atoms with Crippen LogP contribution in [0, 0.1) is 0 Å². The van der Waals surface area contributed by atoms with Gasteiger partial charge in [0.15, 0.2) is 11.6 Å². The molecule has 8 rings (SSSR count). The number of hydrogen-bond acceptors (Lipinski definition) is 5. The molecule has 1 aliphatic heterocycles. The molecule has 2 aliphatic rings. The number of nitrogens with zero attached hydrogens (tertiary/aromatic N) is 1. The summed E-state index contributed by atoms with van der Waals surface area (Å²) in [4.78, 5) is 30.5. The number of hydrogen-bond donors (Lipinski definition) is 0. The number of rotatable bonds is 4. The van der Waals surface area contributed by atoms with Crippen LogP contribution in [0.25, 0.3) is 27.6 Å². The van der Waals surface area contributed by atoms with Crippen molar-refractivity contribution in [1.29, 1.82) is 0 Å². The summed E-state index contributed by atoms with van der Waals surface area (Å²) in [6.45, 7) is 4.60. The van der Waals surface area contributed by atoms with Gasteiger partial charge in [-0.25, -0.2) is 0 Å². The van der Waals surface area contributed by atoms with E-state index < -0.39 is 0 Å². The van der Waals surface area contributed by atoms with Gasteiger partial charge in [-0.15, -0.1) is 11.8 Å². The smallest absolute Gasteiger partial charge is 0.197 e. The summed E-state index contributed by atoms with van der Waals surface area (Å²) in [7, 11) is 1.68. The van der Waals surface area contributed by atoms with Crippen molar-refractivity contribution in [2.45, 2.75) is 24.2 Å². The lowest BCUT2D eigenvalue weighted by molar-refractivity contribution is 0.0990. The Balaban J connectivity index is 1.27. The monoisotopic (exact) mass is 617 g/mol. The van der Waals surface area contributed by atoms with Crippen LogP contribution in [0.3, 0.4) is 0 Å². The molecule has 0 N–H and O–H groups in total. The molecule has 0 fully saturated rings. The van der Waals surface area contributed by atoms with Crippen LogP contribution in [-0.4, -0.2) is 24.9 Å². The number of ether oxygens (including phenoxy) is 1. The molecule has 0 atom stereocenters. The first-order valence-electron chi connectivity index (χ1n) is 15.3. The summed E-state index contributed by atoms with van der Waals surface area (Å²) in [6.07, 6.45) is 3.86. The fraction of sp³-hybridized carbons (Fsp3) is 0.122. The third-order valence-electron chi connectivity index (χ3n) is 9.51. The van der Waals surface area contributed by atoms with E-state index in [0.29, 0.717) is 11.1 Å². The number of allylic oxidation sites excluding steroid dienone is 1. The molecule has 5 heteroatoms. The third kappa shape index (κ3) is 4.22. The summed E-state index contributed by atoms with van der Waals surface area (Å²) in [5.41, 5.74) is 7.54. The quantitative estimate of drug-likeness (QED) is 0.112. The van der Waals surface area contributed by atoms with Crippen LogP contribution in [-0.2, 0) is 5.41 Å². The van der Waals surface area contributed by atoms with Crippen molar-refractivity contribution in [2.24, 2.45) is 0 Å². The number of carbonyl (C=O) groups excluding carboxylic acids is 2. The Morgan fingerprint density at radius 2 is 1.39 bits per heavy atom. The molecule has 4 nitrogen and oxygen atoms in total. The molecule has 1 heterocycles. The molecule has 46 heavy (non-hydrogen) atoms. The van der Waals surface area contributed by atoms with Crippen LogP contribution in [0.5, 0.6) is 5.75 Å². The zero-order valence-electron chi connectivity index (χ0n) is 26.0. The number of Topliss-reactive ketones (excluding diaryl/α,β-unsaturated/α-hetero) is 2. The highest BCUT2D eigenvalue weighted by atomic mass is 32.2.